The summed E-state index contributed by atoms with van der Waals surface area (Å²) in [7, 11) is 2.73. The molecule has 1 saturated carbocycles. The molecular formula is C20H21ClNO4+. The number of ether oxygens (including phenoxy) is 2. The Hall–Kier alpha value is -2.37. The van der Waals surface area contributed by atoms with Crippen molar-refractivity contribution in [3.63, 3.8) is 0 Å². The molecule has 0 amide bonds. The largest absolute Gasteiger partial charge is 0.469 e. The first-order valence-corrected chi connectivity index (χ1v) is 8.68. The Balaban J connectivity index is 2.06. The zero-order valence-electron chi connectivity index (χ0n) is 14.6. The van der Waals surface area contributed by atoms with Crippen molar-refractivity contribution in [2.45, 2.75) is 11.8 Å². The summed E-state index contributed by atoms with van der Waals surface area (Å²) in [4.78, 5) is 25.1. The summed E-state index contributed by atoms with van der Waals surface area (Å²) in [6.07, 6.45) is 0. The molecule has 0 saturated heterocycles. The molecule has 6 heteroatoms. The third-order valence-electron chi connectivity index (χ3n) is 5.11. The van der Waals surface area contributed by atoms with Crippen LogP contribution >= 0.6 is 11.6 Å². The summed E-state index contributed by atoms with van der Waals surface area (Å²) in [5.74, 6) is -2.25. The average Bonchev–Trinajstić information content (AvgIpc) is 2.63. The highest BCUT2D eigenvalue weighted by Crippen LogP contribution is 2.58. The van der Waals surface area contributed by atoms with Gasteiger partial charge in [-0.3, -0.25) is 9.59 Å². The molecule has 0 aromatic heterocycles. The monoisotopic (exact) mass is 374 g/mol. The van der Waals surface area contributed by atoms with Gasteiger partial charge in [-0.2, -0.15) is 0 Å². The predicted octanol–water partition coefficient (Wildman–Crippen LogP) is 2.67. The topological polar surface area (TPSA) is 80.2 Å². The third kappa shape index (κ3) is 3.20. The molecule has 0 aliphatic heterocycles. The van der Waals surface area contributed by atoms with Gasteiger partial charge in [0.05, 0.1) is 26.1 Å². The highest BCUT2D eigenvalue weighted by molar-refractivity contribution is 6.30. The number of hydrogen-bond acceptors (Lipinski definition) is 4. The molecule has 136 valence electrons. The molecular weight excluding hydrogens is 354 g/mol. The minimum Gasteiger partial charge on any atom is -0.469 e. The van der Waals surface area contributed by atoms with Gasteiger partial charge < -0.3 is 15.2 Å². The van der Waals surface area contributed by atoms with E-state index in [0.717, 1.165) is 16.8 Å². The smallest absolute Gasteiger partial charge is 0.309 e. The molecule has 2 atom stereocenters. The summed E-state index contributed by atoms with van der Waals surface area (Å²) >= 11 is 5.98. The number of carbonyl (C=O) groups is 2. The number of halogens is 1. The quantitative estimate of drug-likeness (QED) is 0.834. The van der Waals surface area contributed by atoms with Crippen LogP contribution in [0.2, 0.25) is 5.02 Å². The molecule has 0 spiro atoms. The minimum atomic E-state index is -0.471. The lowest BCUT2D eigenvalue weighted by Crippen LogP contribution is -2.51. The fourth-order valence-corrected chi connectivity index (χ4v) is 3.99. The van der Waals surface area contributed by atoms with Crippen molar-refractivity contribution < 1.29 is 24.8 Å². The molecule has 2 unspecified atom stereocenters. The Morgan fingerprint density at radius 3 is 1.58 bits per heavy atom. The zero-order chi connectivity index (χ0) is 18.8. The number of hydrogen-bond donors (Lipinski definition) is 1. The van der Waals surface area contributed by atoms with Crippen molar-refractivity contribution >= 4 is 29.2 Å². The van der Waals surface area contributed by atoms with E-state index in [2.05, 4.69) is 5.73 Å². The number of esters is 2. The van der Waals surface area contributed by atoms with E-state index in [1.54, 1.807) is 12.1 Å². The maximum absolute atomic E-state index is 12.5. The molecule has 3 rings (SSSR count). The Morgan fingerprint density at radius 1 is 0.808 bits per heavy atom. The van der Waals surface area contributed by atoms with E-state index in [1.165, 1.54) is 14.2 Å². The van der Waals surface area contributed by atoms with Gasteiger partial charge in [-0.25, -0.2) is 0 Å². The molecule has 1 aliphatic carbocycles. The van der Waals surface area contributed by atoms with Gasteiger partial charge in [0.2, 0.25) is 0 Å². The van der Waals surface area contributed by atoms with Crippen LogP contribution in [0.4, 0.5) is 5.69 Å². The van der Waals surface area contributed by atoms with E-state index in [4.69, 9.17) is 21.1 Å². The molecule has 1 aliphatic rings. The van der Waals surface area contributed by atoms with Gasteiger partial charge in [0.1, 0.15) is 5.69 Å². The molecule has 5 nitrogen and oxygen atoms in total. The maximum atomic E-state index is 12.5. The van der Waals surface area contributed by atoms with Gasteiger partial charge >= 0.3 is 11.9 Å². The van der Waals surface area contributed by atoms with E-state index < -0.39 is 11.8 Å². The number of rotatable bonds is 4. The van der Waals surface area contributed by atoms with Crippen LogP contribution in [0.25, 0.3) is 0 Å². The van der Waals surface area contributed by atoms with E-state index in [1.807, 2.05) is 36.4 Å². The highest BCUT2D eigenvalue weighted by Gasteiger charge is 2.59. The Kier molecular flexibility index (Phi) is 5.30. The maximum Gasteiger partial charge on any atom is 0.309 e. The van der Waals surface area contributed by atoms with Crippen molar-refractivity contribution in [1.82, 2.24) is 0 Å². The van der Waals surface area contributed by atoms with Crippen LogP contribution in [0, 0.1) is 11.8 Å². The van der Waals surface area contributed by atoms with Crippen LogP contribution in [0.15, 0.2) is 48.5 Å². The molecule has 2 aromatic rings. The van der Waals surface area contributed by atoms with Gasteiger partial charge in [0, 0.05) is 16.9 Å². The van der Waals surface area contributed by atoms with Gasteiger partial charge in [-0.1, -0.05) is 35.9 Å². The molecule has 0 bridgehead atoms. The zero-order valence-corrected chi connectivity index (χ0v) is 15.4. The van der Waals surface area contributed by atoms with Crippen LogP contribution in [-0.4, -0.2) is 26.2 Å². The standard InChI is InChI=1S/C20H20ClNO4/c1-25-19(23)17-15(11-3-7-13(21)8-4-11)18(20(24)26-2)16(17)12-5-9-14(22)10-6-12/h3-10,15-18H,22H2,1-2H3/p+1. The second kappa shape index (κ2) is 7.48. The summed E-state index contributed by atoms with van der Waals surface area (Å²) in [5.41, 5.74) is 6.51. The fourth-order valence-electron chi connectivity index (χ4n) is 3.86. The van der Waals surface area contributed by atoms with Crippen LogP contribution in [0.1, 0.15) is 23.0 Å². The molecule has 26 heavy (non-hydrogen) atoms. The van der Waals surface area contributed by atoms with Crippen LogP contribution < -0.4 is 5.73 Å². The Morgan fingerprint density at radius 2 is 1.19 bits per heavy atom. The second-order valence-electron chi connectivity index (χ2n) is 6.44. The van der Waals surface area contributed by atoms with Crippen LogP contribution in [0.5, 0.6) is 0 Å². The minimum absolute atomic E-state index is 0.309. The summed E-state index contributed by atoms with van der Waals surface area (Å²) in [6, 6.07) is 14.7. The van der Waals surface area contributed by atoms with Gasteiger partial charge in [-0.15, -0.1) is 0 Å². The first-order chi connectivity index (χ1) is 12.5. The number of benzene rings is 2. The molecule has 0 heterocycles. The lowest BCUT2D eigenvalue weighted by atomic mass is 9.52. The lowest BCUT2D eigenvalue weighted by molar-refractivity contribution is -0.254. The highest BCUT2D eigenvalue weighted by atomic mass is 35.5. The first kappa shape index (κ1) is 18.4. The Labute approximate surface area is 157 Å². The van der Waals surface area contributed by atoms with Gasteiger partial charge in [-0.05, 0) is 35.4 Å². The molecule has 1 fully saturated rings. The Bertz CT molecular complexity index is 726. The SMILES string of the molecule is COC(=O)C1C(c2ccc([NH3+])cc2)C(C(=O)OC)C1c1ccc(Cl)cc1. The van der Waals surface area contributed by atoms with Crippen molar-refractivity contribution in [1.29, 1.82) is 0 Å². The number of carbonyl (C=O) groups excluding carboxylic acids is 2. The number of methoxy groups -OCH3 is 2. The normalized spacial score (nSPS) is 24.5. The molecule has 0 radical (unpaired) electrons. The first-order valence-electron chi connectivity index (χ1n) is 8.31. The fraction of sp³-hybridized carbons (Fsp3) is 0.300. The molecule has 2 aromatic carbocycles. The van der Waals surface area contributed by atoms with Crippen molar-refractivity contribution in [3.05, 3.63) is 64.7 Å². The van der Waals surface area contributed by atoms with Crippen molar-refractivity contribution in [3.8, 4) is 0 Å². The van der Waals surface area contributed by atoms with Crippen LogP contribution in [-0.2, 0) is 19.1 Å². The summed E-state index contributed by atoms with van der Waals surface area (Å²) in [6.45, 7) is 0. The number of quaternary nitrogens is 1. The van der Waals surface area contributed by atoms with E-state index in [0.29, 0.717) is 5.02 Å². The van der Waals surface area contributed by atoms with Crippen molar-refractivity contribution in [2.75, 3.05) is 14.2 Å². The van der Waals surface area contributed by atoms with Crippen LogP contribution in [0.3, 0.4) is 0 Å². The van der Waals surface area contributed by atoms with E-state index >= 15 is 0 Å². The van der Waals surface area contributed by atoms with E-state index in [-0.39, 0.29) is 23.8 Å². The summed E-state index contributed by atoms with van der Waals surface area (Å²) in [5, 5.41) is 0.597. The lowest BCUT2D eigenvalue weighted by Gasteiger charge is -2.49. The third-order valence-corrected chi connectivity index (χ3v) is 5.37. The van der Waals surface area contributed by atoms with Crippen molar-refractivity contribution in [2.24, 2.45) is 11.8 Å². The van der Waals surface area contributed by atoms with E-state index in [9.17, 15) is 9.59 Å². The predicted molar refractivity (Wildman–Crippen MR) is 96.9 cm³/mol. The van der Waals surface area contributed by atoms with Gasteiger partial charge in [0.25, 0.3) is 0 Å². The second-order valence-corrected chi connectivity index (χ2v) is 6.88. The molecule has 3 N–H and O–H groups in total. The van der Waals surface area contributed by atoms with Gasteiger partial charge in [0.15, 0.2) is 0 Å². The summed E-state index contributed by atoms with van der Waals surface area (Å²) < 4.78 is 10.1. The average molecular weight is 375 g/mol.